The number of nitrogens with one attached hydrogen (secondary N) is 1. The van der Waals surface area contributed by atoms with E-state index >= 15 is 0 Å². The zero-order valence-corrected chi connectivity index (χ0v) is 15.3. The van der Waals surface area contributed by atoms with Crippen LogP contribution in [0.3, 0.4) is 0 Å². The van der Waals surface area contributed by atoms with Crippen molar-refractivity contribution >= 4 is 5.69 Å². The Kier molecular flexibility index (Phi) is 3.75. The summed E-state index contributed by atoms with van der Waals surface area (Å²) >= 11 is 0. The SMILES string of the molecule is N#Cc1cc(F)cc(NCC23CCC(c4nc(C5CC5)no4)(CC2)CC3)c1. The molecule has 1 aromatic heterocycles. The highest BCUT2D eigenvalue weighted by molar-refractivity contribution is 5.50. The minimum absolute atomic E-state index is 0.0642. The summed E-state index contributed by atoms with van der Waals surface area (Å²) in [5, 5.41) is 16.6. The second kappa shape index (κ2) is 6.05. The number of benzene rings is 1. The van der Waals surface area contributed by atoms with Crippen LogP contribution in [0, 0.1) is 22.6 Å². The summed E-state index contributed by atoms with van der Waals surface area (Å²) in [4.78, 5) is 4.74. The van der Waals surface area contributed by atoms with Crippen LogP contribution in [0.15, 0.2) is 22.7 Å². The van der Waals surface area contributed by atoms with Gasteiger partial charge in [-0.25, -0.2) is 4.39 Å². The van der Waals surface area contributed by atoms with Crippen LogP contribution in [-0.4, -0.2) is 16.7 Å². The van der Waals surface area contributed by atoms with Gasteiger partial charge in [0, 0.05) is 23.6 Å². The Bertz CT molecular complexity index is 887. The summed E-state index contributed by atoms with van der Waals surface area (Å²) in [6.45, 7) is 0.814. The van der Waals surface area contributed by atoms with Gasteiger partial charge in [0.2, 0.25) is 5.89 Å². The first-order valence-electron chi connectivity index (χ1n) is 9.89. The van der Waals surface area contributed by atoms with E-state index in [2.05, 4.69) is 10.5 Å². The molecule has 0 saturated heterocycles. The summed E-state index contributed by atoms with van der Waals surface area (Å²) in [6, 6.07) is 6.45. The zero-order chi connectivity index (χ0) is 18.5. The third kappa shape index (κ3) is 2.99. The maximum Gasteiger partial charge on any atom is 0.232 e. The third-order valence-electron chi connectivity index (χ3n) is 6.93. The molecule has 0 aliphatic heterocycles. The van der Waals surface area contributed by atoms with Crippen molar-refractivity contribution in [3.8, 4) is 6.07 Å². The molecule has 1 aromatic carbocycles. The molecule has 0 unspecified atom stereocenters. The largest absolute Gasteiger partial charge is 0.384 e. The molecule has 4 aliphatic rings. The van der Waals surface area contributed by atoms with E-state index in [4.69, 9.17) is 14.8 Å². The summed E-state index contributed by atoms with van der Waals surface area (Å²) in [5.41, 5.74) is 1.34. The molecule has 0 atom stereocenters. The van der Waals surface area contributed by atoms with Crippen LogP contribution in [0.5, 0.6) is 0 Å². The van der Waals surface area contributed by atoms with Gasteiger partial charge in [0.15, 0.2) is 5.82 Å². The summed E-state index contributed by atoms with van der Waals surface area (Å²) in [6.07, 6.45) is 8.95. The molecule has 0 spiro atoms. The molecule has 0 amide bonds. The quantitative estimate of drug-likeness (QED) is 0.833. The molecule has 2 aromatic rings. The van der Waals surface area contributed by atoms with E-state index in [0.29, 0.717) is 17.2 Å². The van der Waals surface area contributed by atoms with Crippen LogP contribution < -0.4 is 5.32 Å². The molecule has 27 heavy (non-hydrogen) atoms. The van der Waals surface area contributed by atoms with E-state index in [1.807, 2.05) is 6.07 Å². The molecule has 1 N–H and O–H groups in total. The lowest BCUT2D eigenvalue weighted by Gasteiger charge is -2.52. The summed E-state index contributed by atoms with van der Waals surface area (Å²) in [5.74, 6) is 1.92. The first-order chi connectivity index (χ1) is 13.1. The smallest absolute Gasteiger partial charge is 0.232 e. The summed E-state index contributed by atoms with van der Waals surface area (Å²) < 4.78 is 19.3. The second-order valence-electron chi connectivity index (χ2n) is 8.71. The molecule has 4 fully saturated rings. The fraction of sp³-hybridized carbons (Fsp3) is 0.571. The number of aromatic nitrogens is 2. The Balaban J connectivity index is 1.26. The normalized spacial score (nSPS) is 29.5. The lowest BCUT2D eigenvalue weighted by Crippen LogP contribution is -2.47. The van der Waals surface area contributed by atoms with Crippen molar-refractivity contribution in [2.45, 2.75) is 62.7 Å². The van der Waals surface area contributed by atoms with Crippen LogP contribution in [0.25, 0.3) is 0 Å². The topological polar surface area (TPSA) is 74.7 Å². The lowest BCUT2D eigenvalue weighted by atomic mass is 9.53. The van der Waals surface area contributed by atoms with Crippen LogP contribution in [-0.2, 0) is 5.41 Å². The van der Waals surface area contributed by atoms with E-state index in [0.717, 1.165) is 56.8 Å². The molecule has 6 heteroatoms. The minimum Gasteiger partial charge on any atom is -0.384 e. The van der Waals surface area contributed by atoms with Gasteiger partial charge in [0.05, 0.1) is 11.6 Å². The van der Waals surface area contributed by atoms with E-state index in [1.54, 1.807) is 6.07 Å². The number of halogens is 1. The fourth-order valence-electron chi connectivity index (χ4n) is 4.85. The van der Waals surface area contributed by atoms with Crippen LogP contribution >= 0.6 is 0 Å². The van der Waals surface area contributed by atoms with Crippen LogP contribution in [0.2, 0.25) is 0 Å². The highest BCUT2D eigenvalue weighted by Crippen LogP contribution is 2.57. The molecular formula is C21H23FN4O. The molecule has 4 aliphatic carbocycles. The van der Waals surface area contributed by atoms with Crippen molar-refractivity contribution in [2.24, 2.45) is 5.41 Å². The number of fused-ring (bicyclic) bond motifs is 3. The van der Waals surface area contributed by atoms with Crippen molar-refractivity contribution in [1.82, 2.24) is 10.1 Å². The Morgan fingerprint density at radius 2 is 1.89 bits per heavy atom. The van der Waals surface area contributed by atoms with E-state index in [-0.39, 0.29) is 16.6 Å². The van der Waals surface area contributed by atoms with Gasteiger partial charge in [-0.3, -0.25) is 0 Å². The molecule has 0 radical (unpaired) electrons. The Hall–Kier alpha value is -2.42. The molecule has 1 heterocycles. The van der Waals surface area contributed by atoms with Gasteiger partial charge in [-0.05, 0) is 75.0 Å². The fourth-order valence-corrected chi connectivity index (χ4v) is 4.85. The average molecular weight is 366 g/mol. The number of anilines is 1. The second-order valence-corrected chi connectivity index (χ2v) is 8.71. The predicted molar refractivity (Wildman–Crippen MR) is 97.7 cm³/mol. The maximum atomic E-state index is 13.7. The van der Waals surface area contributed by atoms with E-state index in [1.165, 1.54) is 25.0 Å². The monoisotopic (exact) mass is 366 g/mol. The van der Waals surface area contributed by atoms with Crippen molar-refractivity contribution in [1.29, 1.82) is 5.26 Å². The molecule has 4 saturated carbocycles. The number of hydrogen-bond acceptors (Lipinski definition) is 5. The van der Waals surface area contributed by atoms with Gasteiger partial charge >= 0.3 is 0 Å². The molecule has 140 valence electrons. The Morgan fingerprint density at radius 1 is 1.15 bits per heavy atom. The zero-order valence-electron chi connectivity index (χ0n) is 15.3. The first-order valence-corrected chi connectivity index (χ1v) is 9.89. The third-order valence-corrected chi connectivity index (χ3v) is 6.93. The number of hydrogen-bond donors (Lipinski definition) is 1. The van der Waals surface area contributed by atoms with Crippen LogP contribution in [0.4, 0.5) is 10.1 Å². The van der Waals surface area contributed by atoms with Gasteiger partial charge in [-0.1, -0.05) is 5.16 Å². The molecule has 5 nitrogen and oxygen atoms in total. The Morgan fingerprint density at radius 3 is 2.56 bits per heavy atom. The minimum atomic E-state index is -0.372. The Labute approximate surface area is 158 Å². The van der Waals surface area contributed by atoms with Crippen molar-refractivity contribution in [3.63, 3.8) is 0 Å². The van der Waals surface area contributed by atoms with E-state index in [9.17, 15) is 4.39 Å². The van der Waals surface area contributed by atoms with Crippen molar-refractivity contribution < 1.29 is 8.91 Å². The van der Waals surface area contributed by atoms with Gasteiger partial charge in [-0.15, -0.1) is 0 Å². The average Bonchev–Trinajstić information content (AvgIpc) is 3.43. The standard InChI is InChI=1S/C21H23FN4O/c22-16-9-14(12-23)10-17(11-16)24-13-20-3-6-21(7-4-20,8-5-20)19-25-18(26-27-19)15-1-2-15/h9-11,15,24H,1-8,13H2. The van der Waals surface area contributed by atoms with Gasteiger partial charge < -0.3 is 9.84 Å². The number of nitrogens with zero attached hydrogens (tertiary/aromatic N) is 3. The molecule has 2 bridgehead atoms. The van der Waals surface area contributed by atoms with Crippen molar-refractivity contribution in [3.05, 3.63) is 41.3 Å². The van der Waals surface area contributed by atoms with Crippen molar-refractivity contribution in [2.75, 3.05) is 11.9 Å². The van der Waals surface area contributed by atoms with Gasteiger partial charge in [0.25, 0.3) is 0 Å². The lowest BCUT2D eigenvalue weighted by molar-refractivity contribution is 0.0322. The number of nitriles is 1. The van der Waals surface area contributed by atoms with E-state index < -0.39 is 0 Å². The van der Waals surface area contributed by atoms with Gasteiger partial charge in [0.1, 0.15) is 5.82 Å². The molecule has 6 rings (SSSR count). The van der Waals surface area contributed by atoms with Gasteiger partial charge in [-0.2, -0.15) is 10.2 Å². The van der Waals surface area contributed by atoms with Crippen LogP contribution in [0.1, 0.15) is 74.6 Å². The first kappa shape index (κ1) is 16.7. The highest BCUT2D eigenvalue weighted by Gasteiger charge is 2.52. The summed E-state index contributed by atoms with van der Waals surface area (Å²) in [7, 11) is 0. The molecular weight excluding hydrogens is 343 g/mol. The maximum absolute atomic E-state index is 13.7. The number of rotatable bonds is 5. The predicted octanol–water partition coefficient (Wildman–Crippen LogP) is 4.66. The highest BCUT2D eigenvalue weighted by atomic mass is 19.1.